The SMILES string of the molecule is O=C1C2CCCCN2C(=O)N1c1cccc(C(F)(F)F)c1. The number of carbonyl (C=O) groups excluding carboxylic acids is 2. The maximum Gasteiger partial charge on any atom is 0.416 e. The van der Waals surface area contributed by atoms with E-state index in [1.54, 1.807) is 0 Å². The summed E-state index contributed by atoms with van der Waals surface area (Å²) >= 11 is 0. The van der Waals surface area contributed by atoms with Gasteiger partial charge in [-0.2, -0.15) is 13.2 Å². The quantitative estimate of drug-likeness (QED) is 0.748. The maximum atomic E-state index is 12.7. The Hall–Kier alpha value is -2.05. The third-order valence-corrected chi connectivity index (χ3v) is 3.88. The summed E-state index contributed by atoms with van der Waals surface area (Å²) in [6, 6.07) is 3.26. The first-order valence-corrected chi connectivity index (χ1v) is 6.71. The third-order valence-electron chi connectivity index (χ3n) is 3.88. The zero-order chi connectivity index (χ0) is 15.2. The van der Waals surface area contributed by atoms with Gasteiger partial charge in [0.15, 0.2) is 0 Å². The predicted octanol–water partition coefficient (Wildman–Crippen LogP) is 3.03. The van der Waals surface area contributed by atoms with Crippen LogP contribution in [0.25, 0.3) is 0 Å². The van der Waals surface area contributed by atoms with Crippen LogP contribution in [-0.4, -0.2) is 29.4 Å². The standard InChI is InChI=1S/C14H13F3N2O2/c15-14(16,17)9-4-3-5-10(8-9)19-12(20)11-6-1-2-7-18(11)13(19)21/h3-5,8,11H,1-2,6-7H2. The Morgan fingerprint density at radius 3 is 2.57 bits per heavy atom. The molecule has 4 nitrogen and oxygen atoms in total. The lowest BCUT2D eigenvalue weighted by atomic mass is 10.0. The van der Waals surface area contributed by atoms with E-state index in [4.69, 9.17) is 0 Å². The van der Waals surface area contributed by atoms with Gasteiger partial charge in [0, 0.05) is 6.54 Å². The lowest BCUT2D eigenvalue weighted by Crippen LogP contribution is -2.39. The second kappa shape index (κ2) is 4.75. The molecule has 0 spiro atoms. The van der Waals surface area contributed by atoms with Crippen LogP contribution >= 0.6 is 0 Å². The van der Waals surface area contributed by atoms with Crippen LogP contribution in [-0.2, 0) is 11.0 Å². The van der Waals surface area contributed by atoms with Crippen molar-refractivity contribution in [2.75, 3.05) is 11.4 Å². The van der Waals surface area contributed by atoms with Gasteiger partial charge in [0.05, 0.1) is 11.3 Å². The minimum absolute atomic E-state index is 0.0192. The van der Waals surface area contributed by atoms with Crippen molar-refractivity contribution in [3.63, 3.8) is 0 Å². The summed E-state index contributed by atoms with van der Waals surface area (Å²) in [5, 5.41) is 0. The van der Waals surface area contributed by atoms with Crippen molar-refractivity contribution in [2.24, 2.45) is 0 Å². The van der Waals surface area contributed by atoms with E-state index in [9.17, 15) is 22.8 Å². The summed E-state index contributed by atoms with van der Waals surface area (Å²) in [7, 11) is 0. The monoisotopic (exact) mass is 298 g/mol. The van der Waals surface area contributed by atoms with Crippen LogP contribution in [0.4, 0.5) is 23.7 Å². The topological polar surface area (TPSA) is 40.6 Å². The lowest BCUT2D eigenvalue weighted by Gasteiger charge is -2.25. The van der Waals surface area contributed by atoms with Crippen LogP contribution in [0.5, 0.6) is 0 Å². The number of anilines is 1. The number of amides is 3. The van der Waals surface area contributed by atoms with Crippen LogP contribution in [0.3, 0.4) is 0 Å². The van der Waals surface area contributed by atoms with Crippen molar-refractivity contribution in [3.8, 4) is 0 Å². The third kappa shape index (κ3) is 2.26. The molecule has 21 heavy (non-hydrogen) atoms. The van der Waals surface area contributed by atoms with Gasteiger partial charge in [-0.25, -0.2) is 9.69 Å². The summed E-state index contributed by atoms with van der Waals surface area (Å²) in [5.74, 6) is -0.431. The highest BCUT2D eigenvalue weighted by Crippen LogP contribution is 2.35. The molecule has 2 fully saturated rings. The van der Waals surface area contributed by atoms with Gasteiger partial charge in [0.2, 0.25) is 0 Å². The van der Waals surface area contributed by atoms with E-state index in [0.29, 0.717) is 13.0 Å². The highest BCUT2D eigenvalue weighted by atomic mass is 19.4. The number of alkyl halides is 3. The fourth-order valence-electron chi connectivity index (χ4n) is 2.85. The van der Waals surface area contributed by atoms with Gasteiger partial charge >= 0.3 is 12.2 Å². The molecule has 1 aromatic rings. The zero-order valence-corrected chi connectivity index (χ0v) is 11.1. The van der Waals surface area contributed by atoms with Crippen molar-refractivity contribution >= 4 is 17.6 Å². The molecule has 3 amide bonds. The Kier molecular flexibility index (Phi) is 3.15. The van der Waals surface area contributed by atoms with Gasteiger partial charge in [-0.05, 0) is 37.5 Å². The van der Waals surface area contributed by atoms with E-state index in [1.165, 1.54) is 17.0 Å². The minimum atomic E-state index is -4.51. The number of imide groups is 1. The summed E-state index contributed by atoms with van der Waals surface area (Å²) in [4.78, 5) is 26.9. The molecule has 1 aromatic carbocycles. The maximum absolute atomic E-state index is 12.7. The molecule has 0 bridgehead atoms. The molecule has 1 unspecified atom stereocenters. The van der Waals surface area contributed by atoms with E-state index in [-0.39, 0.29) is 5.69 Å². The summed E-state index contributed by atoms with van der Waals surface area (Å²) in [5.41, 5.74) is -0.889. The molecule has 112 valence electrons. The van der Waals surface area contributed by atoms with Gasteiger partial charge < -0.3 is 4.90 Å². The van der Waals surface area contributed by atoms with Crippen molar-refractivity contribution < 1.29 is 22.8 Å². The van der Waals surface area contributed by atoms with Gasteiger partial charge in [-0.3, -0.25) is 4.79 Å². The molecule has 3 rings (SSSR count). The fraction of sp³-hybridized carbons (Fsp3) is 0.429. The predicted molar refractivity (Wildman–Crippen MR) is 68.7 cm³/mol. The van der Waals surface area contributed by atoms with Crippen LogP contribution in [0.15, 0.2) is 24.3 Å². The lowest BCUT2D eigenvalue weighted by molar-refractivity contribution is -0.137. The van der Waals surface area contributed by atoms with Crippen molar-refractivity contribution in [3.05, 3.63) is 29.8 Å². The molecule has 0 N–H and O–H groups in total. The van der Waals surface area contributed by atoms with Gasteiger partial charge in [0.1, 0.15) is 6.04 Å². The Morgan fingerprint density at radius 2 is 1.90 bits per heavy atom. The van der Waals surface area contributed by atoms with Crippen LogP contribution < -0.4 is 4.90 Å². The molecular formula is C14H13F3N2O2. The molecule has 7 heteroatoms. The fourth-order valence-corrected chi connectivity index (χ4v) is 2.85. The first-order chi connectivity index (χ1) is 9.89. The number of hydrogen-bond donors (Lipinski definition) is 0. The molecule has 2 aliphatic rings. The summed E-state index contributed by atoms with van der Waals surface area (Å²) in [6.07, 6.45) is -2.28. The Balaban J connectivity index is 1.97. The molecule has 2 heterocycles. The van der Waals surface area contributed by atoms with E-state index >= 15 is 0 Å². The summed E-state index contributed by atoms with van der Waals surface area (Å²) in [6.45, 7) is 0.477. The van der Waals surface area contributed by atoms with E-state index in [2.05, 4.69) is 0 Å². The number of halogens is 3. The first kappa shape index (κ1) is 13.9. The molecule has 1 atom stereocenters. The van der Waals surface area contributed by atoms with Crippen LogP contribution in [0.2, 0.25) is 0 Å². The highest BCUT2D eigenvalue weighted by molar-refractivity contribution is 6.21. The molecule has 0 radical (unpaired) electrons. The number of carbonyl (C=O) groups is 2. The average Bonchev–Trinajstić information content (AvgIpc) is 2.71. The zero-order valence-electron chi connectivity index (χ0n) is 11.1. The van der Waals surface area contributed by atoms with E-state index < -0.39 is 29.7 Å². The van der Waals surface area contributed by atoms with Gasteiger partial charge in [-0.1, -0.05) is 6.07 Å². The van der Waals surface area contributed by atoms with E-state index in [0.717, 1.165) is 29.9 Å². The van der Waals surface area contributed by atoms with Crippen molar-refractivity contribution in [2.45, 2.75) is 31.5 Å². The van der Waals surface area contributed by atoms with Crippen LogP contribution in [0.1, 0.15) is 24.8 Å². The molecule has 2 aliphatic heterocycles. The van der Waals surface area contributed by atoms with Crippen molar-refractivity contribution in [1.29, 1.82) is 0 Å². The normalized spacial score (nSPS) is 22.7. The minimum Gasteiger partial charge on any atom is -0.312 e. The second-order valence-electron chi connectivity index (χ2n) is 5.21. The molecule has 0 aliphatic carbocycles. The van der Waals surface area contributed by atoms with Gasteiger partial charge in [-0.15, -0.1) is 0 Å². The van der Waals surface area contributed by atoms with Gasteiger partial charge in [0.25, 0.3) is 5.91 Å². The molecular weight excluding hydrogens is 285 g/mol. The molecule has 0 aromatic heterocycles. The smallest absolute Gasteiger partial charge is 0.312 e. The average molecular weight is 298 g/mol. The number of benzene rings is 1. The largest absolute Gasteiger partial charge is 0.416 e. The number of nitrogens with zero attached hydrogens (tertiary/aromatic N) is 2. The van der Waals surface area contributed by atoms with Crippen molar-refractivity contribution in [1.82, 2.24) is 4.90 Å². The number of urea groups is 1. The summed E-state index contributed by atoms with van der Waals surface area (Å²) < 4.78 is 38.2. The second-order valence-corrected chi connectivity index (χ2v) is 5.21. The van der Waals surface area contributed by atoms with Crippen LogP contribution in [0, 0.1) is 0 Å². The first-order valence-electron chi connectivity index (χ1n) is 6.71. The Bertz CT molecular complexity index is 576. The number of piperidine rings is 1. The molecule has 2 saturated heterocycles. The number of hydrogen-bond acceptors (Lipinski definition) is 2. The number of fused-ring (bicyclic) bond motifs is 1. The molecule has 0 saturated carbocycles. The highest BCUT2D eigenvalue weighted by Gasteiger charge is 2.46. The Labute approximate surface area is 119 Å². The number of rotatable bonds is 1. The van der Waals surface area contributed by atoms with E-state index in [1.807, 2.05) is 0 Å². The Morgan fingerprint density at radius 1 is 1.14 bits per heavy atom.